The zero-order valence-electron chi connectivity index (χ0n) is 8.80. The summed E-state index contributed by atoms with van der Waals surface area (Å²) in [6.07, 6.45) is 8.73. The van der Waals surface area contributed by atoms with Gasteiger partial charge in [-0.1, -0.05) is 13.8 Å². The van der Waals surface area contributed by atoms with Crippen LogP contribution >= 0.6 is 0 Å². The summed E-state index contributed by atoms with van der Waals surface area (Å²) in [5.41, 5.74) is 0.0251. The third kappa shape index (κ3) is 3.26. The molecule has 0 radical (unpaired) electrons. The lowest BCUT2D eigenvalue weighted by atomic mass is 9.79. The summed E-state index contributed by atoms with van der Waals surface area (Å²) in [5.74, 6) is 3.43. The van der Waals surface area contributed by atoms with Gasteiger partial charge in [0.05, 0.1) is 6.61 Å². The topological polar surface area (TPSA) is 26.3 Å². The molecule has 14 heavy (non-hydrogen) atoms. The van der Waals surface area contributed by atoms with Crippen molar-refractivity contribution in [1.82, 2.24) is 0 Å². The fraction of sp³-hybridized carbons (Fsp3) is 0.583. The summed E-state index contributed by atoms with van der Waals surface area (Å²) < 4.78 is 5.43. The molecule has 0 atom stereocenters. The molecule has 0 N–H and O–H groups in total. The maximum Gasteiger partial charge on any atom is 0.159 e. The molecule has 0 aromatic heterocycles. The molecule has 0 aromatic carbocycles. The second-order valence-corrected chi connectivity index (χ2v) is 4.40. The Kier molecular flexibility index (Phi) is 3.35. The van der Waals surface area contributed by atoms with Gasteiger partial charge in [0.1, 0.15) is 5.76 Å². The molecule has 1 rings (SSSR count). The maximum atomic E-state index is 11.3. The summed E-state index contributed by atoms with van der Waals surface area (Å²) in [6, 6.07) is 0. The lowest BCUT2D eigenvalue weighted by Gasteiger charge is -2.28. The zero-order valence-corrected chi connectivity index (χ0v) is 8.80. The molecule has 1 aliphatic rings. The van der Waals surface area contributed by atoms with Gasteiger partial charge < -0.3 is 4.74 Å². The summed E-state index contributed by atoms with van der Waals surface area (Å²) in [5, 5.41) is 0. The van der Waals surface area contributed by atoms with Crippen molar-refractivity contribution in [1.29, 1.82) is 0 Å². The van der Waals surface area contributed by atoms with Gasteiger partial charge in [0.25, 0.3) is 0 Å². The van der Waals surface area contributed by atoms with Crippen molar-refractivity contribution in [3.05, 3.63) is 11.8 Å². The van der Waals surface area contributed by atoms with E-state index in [1.807, 2.05) is 0 Å². The average molecular weight is 192 g/mol. The Hall–Kier alpha value is -1.23. The molecule has 0 fully saturated rings. The van der Waals surface area contributed by atoms with Gasteiger partial charge in [-0.05, 0) is 5.41 Å². The van der Waals surface area contributed by atoms with Gasteiger partial charge in [-0.2, -0.15) is 0 Å². The maximum absolute atomic E-state index is 11.3. The fourth-order valence-corrected chi connectivity index (χ4v) is 1.62. The van der Waals surface area contributed by atoms with Crippen LogP contribution in [0, 0.1) is 17.8 Å². The number of terminal acetylenes is 1. The molecule has 2 nitrogen and oxygen atoms in total. The molecular weight excluding hydrogens is 176 g/mol. The van der Waals surface area contributed by atoms with Crippen LogP contribution in [-0.2, 0) is 9.53 Å². The normalized spacial score (nSPS) is 19.8. The van der Waals surface area contributed by atoms with Crippen LogP contribution in [0.2, 0.25) is 0 Å². The second-order valence-electron chi connectivity index (χ2n) is 4.40. The van der Waals surface area contributed by atoms with Gasteiger partial charge in [-0.15, -0.1) is 12.3 Å². The lowest BCUT2D eigenvalue weighted by Crippen LogP contribution is -2.22. The van der Waals surface area contributed by atoms with E-state index in [0.29, 0.717) is 19.4 Å². The highest BCUT2D eigenvalue weighted by atomic mass is 16.5. The summed E-state index contributed by atoms with van der Waals surface area (Å²) >= 11 is 0. The van der Waals surface area contributed by atoms with Crippen LogP contribution in [0.15, 0.2) is 11.8 Å². The number of allylic oxidation sites excluding steroid dienone is 2. The van der Waals surface area contributed by atoms with Crippen molar-refractivity contribution in [2.75, 3.05) is 6.61 Å². The number of ether oxygens (including phenoxy) is 1. The van der Waals surface area contributed by atoms with Gasteiger partial charge in [0.2, 0.25) is 0 Å². The Bertz CT molecular complexity index is 292. The highest BCUT2D eigenvalue weighted by molar-refractivity contribution is 5.91. The molecule has 0 amide bonds. The minimum absolute atomic E-state index is 0.0251. The predicted molar refractivity (Wildman–Crippen MR) is 55.5 cm³/mol. The van der Waals surface area contributed by atoms with Crippen molar-refractivity contribution in [3.63, 3.8) is 0 Å². The van der Waals surface area contributed by atoms with Crippen LogP contribution in [0.5, 0.6) is 0 Å². The number of carbonyl (C=O) groups excluding carboxylic acids is 1. The highest BCUT2D eigenvalue weighted by Gasteiger charge is 2.28. The van der Waals surface area contributed by atoms with E-state index in [2.05, 4.69) is 19.8 Å². The summed E-state index contributed by atoms with van der Waals surface area (Å²) in [6.45, 7) is 4.65. The van der Waals surface area contributed by atoms with E-state index in [1.165, 1.54) is 0 Å². The van der Waals surface area contributed by atoms with Crippen molar-refractivity contribution in [3.8, 4) is 12.3 Å². The smallest absolute Gasteiger partial charge is 0.159 e. The second kappa shape index (κ2) is 4.32. The number of hydrogen-bond donors (Lipinski definition) is 0. The number of ketones is 1. The van der Waals surface area contributed by atoms with E-state index < -0.39 is 0 Å². The Morgan fingerprint density at radius 1 is 1.57 bits per heavy atom. The summed E-state index contributed by atoms with van der Waals surface area (Å²) in [7, 11) is 0. The highest BCUT2D eigenvalue weighted by Crippen LogP contribution is 2.33. The van der Waals surface area contributed by atoms with Crippen LogP contribution in [0.1, 0.15) is 33.1 Å². The van der Waals surface area contributed by atoms with Gasteiger partial charge in [0, 0.05) is 25.3 Å². The van der Waals surface area contributed by atoms with Crippen molar-refractivity contribution < 1.29 is 9.53 Å². The lowest BCUT2D eigenvalue weighted by molar-refractivity contribution is -0.117. The van der Waals surface area contributed by atoms with Gasteiger partial charge >= 0.3 is 0 Å². The molecule has 2 heteroatoms. The minimum atomic E-state index is 0.0251. The van der Waals surface area contributed by atoms with Crippen LogP contribution < -0.4 is 0 Å². The van der Waals surface area contributed by atoms with Crippen LogP contribution in [-0.4, -0.2) is 12.4 Å². The van der Waals surface area contributed by atoms with Crippen LogP contribution in [0.3, 0.4) is 0 Å². The Balaban J connectivity index is 2.53. The van der Waals surface area contributed by atoms with E-state index in [4.69, 9.17) is 11.2 Å². The third-order valence-electron chi connectivity index (χ3n) is 2.16. The Morgan fingerprint density at radius 3 is 2.86 bits per heavy atom. The zero-order chi connectivity index (χ0) is 10.6. The van der Waals surface area contributed by atoms with E-state index in [1.54, 1.807) is 6.08 Å². The molecule has 0 aliphatic heterocycles. The van der Waals surface area contributed by atoms with E-state index in [-0.39, 0.29) is 11.2 Å². The van der Waals surface area contributed by atoms with E-state index >= 15 is 0 Å². The quantitative estimate of drug-likeness (QED) is 0.506. The molecule has 76 valence electrons. The molecular formula is C12H16O2. The first-order chi connectivity index (χ1) is 6.53. The van der Waals surface area contributed by atoms with Crippen molar-refractivity contribution >= 4 is 5.78 Å². The molecule has 0 aromatic rings. The molecule has 0 unspecified atom stereocenters. The first-order valence-corrected chi connectivity index (χ1v) is 4.83. The first-order valence-electron chi connectivity index (χ1n) is 4.83. The van der Waals surface area contributed by atoms with Gasteiger partial charge in [-0.25, -0.2) is 0 Å². The Labute approximate surface area is 85.3 Å². The standard InChI is InChI=1S/C12H16O2/c1-4-5-6-14-11-7-10(13)8-12(2,3)9-11/h1,7H,5-6,8-9H2,2-3H3. The fourth-order valence-electron chi connectivity index (χ4n) is 1.62. The van der Waals surface area contributed by atoms with Crippen LogP contribution in [0.25, 0.3) is 0 Å². The minimum Gasteiger partial charge on any atom is -0.497 e. The van der Waals surface area contributed by atoms with Crippen molar-refractivity contribution in [2.45, 2.75) is 33.1 Å². The Morgan fingerprint density at radius 2 is 2.29 bits per heavy atom. The summed E-state index contributed by atoms with van der Waals surface area (Å²) in [4.78, 5) is 11.3. The number of carbonyl (C=O) groups is 1. The third-order valence-corrected chi connectivity index (χ3v) is 2.16. The molecule has 0 bridgehead atoms. The number of hydrogen-bond acceptors (Lipinski definition) is 2. The van der Waals surface area contributed by atoms with E-state index in [0.717, 1.165) is 12.2 Å². The first kappa shape index (κ1) is 10.8. The molecule has 0 heterocycles. The van der Waals surface area contributed by atoms with Gasteiger partial charge in [-0.3, -0.25) is 4.79 Å². The molecule has 0 saturated heterocycles. The molecule has 0 spiro atoms. The number of rotatable bonds is 3. The average Bonchev–Trinajstić information content (AvgIpc) is 2.00. The van der Waals surface area contributed by atoms with Crippen LogP contribution in [0.4, 0.5) is 0 Å². The SMILES string of the molecule is C#CCCOC1=CC(=O)CC(C)(C)C1. The molecule has 1 aliphatic carbocycles. The largest absolute Gasteiger partial charge is 0.497 e. The van der Waals surface area contributed by atoms with Gasteiger partial charge in [0.15, 0.2) is 5.78 Å². The monoisotopic (exact) mass is 192 g/mol. The predicted octanol–water partition coefficient (Wildman–Crippen LogP) is 2.30. The van der Waals surface area contributed by atoms with E-state index in [9.17, 15) is 4.79 Å². The molecule has 0 saturated carbocycles. The van der Waals surface area contributed by atoms with Crippen molar-refractivity contribution in [2.24, 2.45) is 5.41 Å².